The Morgan fingerprint density at radius 3 is 2.75 bits per heavy atom. The zero-order chi connectivity index (χ0) is 14.9. The maximum atomic E-state index is 12.8. The van der Waals surface area contributed by atoms with Gasteiger partial charge in [-0.1, -0.05) is 0 Å². The van der Waals surface area contributed by atoms with Gasteiger partial charge in [-0.25, -0.2) is 0 Å². The minimum Gasteiger partial charge on any atom is -0.398 e. The zero-order valence-electron chi connectivity index (χ0n) is 11.8. The second-order valence-electron chi connectivity index (χ2n) is 5.54. The molecule has 0 spiro atoms. The smallest absolute Gasteiger partial charge is 0.393 e. The fourth-order valence-electron chi connectivity index (χ4n) is 2.63. The Kier molecular flexibility index (Phi) is 4.22. The minimum absolute atomic E-state index is 0.0540. The van der Waals surface area contributed by atoms with Crippen molar-refractivity contribution >= 4 is 5.69 Å². The summed E-state index contributed by atoms with van der Waals surface area (Å²) >= 11 is 0. The number of nitrogen functional groups attached to an aromatic ring is 1. The lowest BCUT2D eigenvalue weighted by atomic mass is 9.97. The molecule has 1 aromatic heterocycles. The summed E-state index contributed by atoms with van der Waals surface area (Å²) < 4.78 is 38.4. The zero-order valence-corrected chi connectivity index (χ0v) is 11.8. The standard InChI is InChI=1S/C14H20F3N3/c1-9-6-19-12(10(2)13(9)18)8-20-5-3-4-11(7-20)14(15,16)17/h6,11H,3-5,7-8H2,1-2H3,(H2,18,19). The Hall–Kier alpha value is -1.30. The van der Waals surface area contributed by atoms with Crippen LogP contribution < -0.4 is 5.73 Å². The monoisotopic (exact) mass is 287 g/mol. The van der Waals surface area contributed by atoms with Gasteiger partial charge in [0.1, 0.15) is 0 Å². The van der Waals surface area contributed by atoms with Crippen LogP contribution in [0.3, 0.4) is 0 Å². The topological polar surface area (TPSA) is 42.2 Å². The molecule has 0 aromatic carbocycles. The summed E-state index contributed by atoms with van der Waals surface area (Å²) in [6, 6.07) is 0. The number of nitrogens with two attached hydrogens (primary N) is 1. The van der Waals surface area contributed by atoms with E-state index in [-0.39, 0.29) is 13.0 Å². The fraction of sp³-hybridized carbons (Fsp3) is 0.643. The van der Waals surface area contributed by atoms with E-state index in [1.807, 2.05) is 18.7 Å². The molecule has 1 aliphatic heterocycles. The van der Waals surface area contributed by atoms with Crippen molar-refractivity contribution in [1.29, 1.82) is 0 Å². The lowest BCUT2D eigenvalue weighted by Crippen LogP contribution is -2.41. The molecule has 1 aromatic rings. The van der Waals surface area contributed by atoms with Gasteiger partial charge in [-0.3, -0.25) is 9.88 Å². The predicted molar refractivity (Wildman–Crippen MR) is 72.2 cm³/mol. The molecule has 1 fully saturated rings. The van der Waals surface area contributed by atoms with Gasteiger partial charge in [-0.2, -0.15) is 13.2 Å². The lowest BCUT2D eigenvalue weighted by Gasteiger charge is -2.33. The van der Waals surface area contributed by atoms with Crippen LogP contribution in [0.5, 0.6) is 0 Å². The third-order valence-corrected chi connectivity index (χ3v) is 4.02. The van der Waals surface area contributed by atoms with E-state index in [0.29, 0.717) is 25.2 Å². The molecule has 1 saturated heterocycles. The molecule has 1 unspecified atom stereocenters. The Bertz CT molecular complexity index is 485. The van der Waals surface area contributed by atoms with E-state index >= 15 is 0 Å². The molecule has 3 nitrogen and oxygen atoms in total. The molecule has 0 saturated carbocycles. The van der Waals surface area contributed by atoms with E-state index in [0.717, 1.165) is 16.8 Å². The molecule has 1 atom stereocenters. The summed E-state index contributed by atoms with van der Waals surface area (Å²) in [5.41, 5.74) is 9.17. The molecule has 0 bridgehead atoms. The minimum atomic E-state index is -4.10. The van der Waals surface area contributed by atoms with Crippen LogP contribution in [0.25, 0.3) is 0 Å². The van der Waals surface area contributed by atoms with Gasteiger partial charge < -0.3 is 5.73 Å². The van der Waals surface area contributed by atoms with E-state index in [9.17, 15) is 13.2 Å². The first-order valence-electron chi connectivity index (χ1n) is 6.78. The molecule has 0 aliphatic carbocycles. The highest BCUT2D eigenvalue weighted by Crippen LogP contribution is 2.33. The van der Waals surface area contributed by atoms with E-state index in [1.165, 1.54) is 0 Å². The number of pyridine rings is 1. The molecule has 2 rings (SSSR count). The van der Waals surface area contributed by atoms with Crippen LogP contribution in [0.15, 0.2) is 6.20 Å². The van der Waals surface area contributed by atoms with Crippen LogP contribution in [0, 0.1) is 19.8 Å². The van der Waals surface area contributed by atoms with Gasteiger partial charge in [0.25, 0.3) is 0 Å². The molecule has 6 heteroatoms. The number of hydrogen-bond donors (Lipinski definition) is 1. The number of nitrogens with zero attached hydrogens (tertiary/aromatic N) is 2. The van der Waals surface area contributed by atoms with Gasteiger partial charge in [0.15, 0.2) is 0 Å². The average molecular weight is 287 g/mol. The Morgan fingerprint density at radius 2 is 2.10 bits per heavy atom. The van der Waals surface area contributed by atoms with Crippen molar-refractivity contribution in [3.05, 3.63) is 23.0 Å². The van der Waals surface area contributed by atoms with Crippen molar-refractivity contribution in [2.24, 2.45) is 5.92 Å². The summed E-state index contributed by atoms with van der Waals surface area (Å²) in [7, 11) is 0. The number of aryl methyl sites for hydroxylation is 1. The maximum Gasteiger partial charge on any atom is 0.393 e. The third kappa shape index (κ3) is 3.23. The number of anilines is 1. The van der Waals surface area contributed by atoms with Gasteiger partial charge in [0, 0.05) is 25.0 Å². The van der Waals surface area contributed by atoms with E-state index in [1.54, 1.807) is 6.20 Å². The Morgan fingerprint density at radius 1 is 1.40 bits per heavy atom. The summed E-state index contributed by atoms with van der Waals surface area (Å²) in [5, 5.41) is 0. The number of alkyl halides is 3. The molecule has 2 heterocycles. The second-order valence-corrected chi connectivity index (χ2v) is 5.54. The van der Waals surface area contributed by atoms with E-state index in [2.05, 4.69) is 4.98 Å². The second kappa shape index (κ2) is 5.60. The molecular weight excluding hydrogens is 267 g/mol. The van der Waals surface area contributed by atoms with Gasteiger partial charge >= 0.3 is 6.18 Å². The molecular formula is C14H20F3N3. The number of piperidine rings is 1. The van der Waals surface area contributed by atoms with Crippen molar-refractivity contribution < 1.29 is 13.2 Å². The number of likely N-dealkylation sites (tertiary alicyclic amines) is 1. The van der Waals surface area contributed by atoms with Gasteiger partial charge in [-0.15, -0.1) is 0 Å². The van der Waals surface area contributed by atoms with Crippen LogP contribution in [0.1, 0.15) is 29.7 Å². The number of halogens is 3. The van der Waals surface area contributed by atoms with Crippen molar-refractivity contribution in [2.75, 3.05) is 18.8 Å². The largest absolute Gasteiger partial charge is 0.398 e. The predicted octanol–water partition coefficient (Wildman–Crippen LogP) is 3.05. The highest BCUT2D eigenvalue weighted by Gasteiger charge is 2.41. The number of aromatic nitrogens is 1. The highest BCUT2D eigenvalue weighted by atomic mass is 19.4. The van der Waals surface area contributed by atoms with Gasteiger partial charge in [-0.05, 0) is 44.4 Å². The molecule has 2 N–H and O–H groups in total. The Balaban J connectivity index is 2.09. The van der Waals surface area contributed by atoms with Crippen LogP contribution in [-0.2, 0) is 6.54 Å². The van der Waals surface area contributed by atoms with Crippen molar-refractivity contribution in [1.82, 2.24) is 9.88 Å². The SMILES string of the molecule is Cc1cnc(CN2CCCC(C(F)(F)F)C2)c(C)c1N. The Labute approximate surface area is 117 Å². The normalized spacial score (nSPS) is 21.1. The van der Waals surface area contributed by atoms with Crippen LogP contribution in [0.4, 0.5) is 18.9 Å². The molecule has 112 valence electrons. The third-order valence-electron chi connectivity index (χ3n) is 4.02. The van der Waals surface area contributed by atoms with Gasteiger partial charge in [0.2, 0.25) is 0 Å². The molecule has 20 heavy (non-hydrogen) atoms. The van der Waals surface area contributed by atoms with E-state index in [4.69, 9.17) is 5.73 Å². The summed E-state index contributed by atoms with van der Waals surface area (Å²) in [6.45, 7) is 4.92. The molecule has 1 aliphatic rings. The van der Waals surface area contributed by atoms with Crippen LogP contribution in [0.2, 0.25) is 0 Å². The maximum absolute atomic E-state index is 12.8. The van der Waals surface area contributed by atoms with Crippen molar-refractivity contribution in [2.45, 2.75) is 39.4 Å². The van der Waals surface area contributed by atoms with Crippen molar-refractivity contribution in [3.8, 4) is 0 Å². The van der Waals surface area contributed by atoms with Crippen LogP contribution in [-0.4, -0.2) is 29.1 Å². The first kappa shape index (κ1) is 15.1. The first-order valence-corrected chi connectivity index (χ1v) is 6.78. The fourth-order valence-corrected chi connectivity index (χ4v) is 2.63. The average Bonchev–Trinajstić information content (AvgIpc) is 2.39. The number of rotatable bonds is 2. The highest BCUT2D eigenvalue weighted by molar-refractivity contribution is 5.53. The molecule has 0 amide bonds. The first-order chi connectivity index (χ1) is 9.29. The quantitative estimate of drug-likeness (QED) is 0.909. The lowest BCUT2D eigenvalue weighted by molar-refractivity contribution is -0.187. The number of hydrogen-bond acceptors (Lipinski definition) is 3. The summed E-state index contributed by atoms with van der Waals surface area (Å²) in [5.74, 6) is -1.22. The van der Waals surface area contributed by atoms with Crippen LogP contribution >= 0.6 is 0 Å². The van der Waals surface area contributed by atoms with Gasteiger partial charge in [0.05, 0.1) is 11.6 Å². The molecule has 0 radical (unpaired) electrons. The van der Waals surface area contributed by atoms with E-state index < -0.39 is 12.1 Å². The summed E-state index contributed by atoms with van der Waals surface area (Å²) in [6.07, 6.45) is -1.62. The van der Waals surface area contributed by atoms with Crippen molar-refractivity contribution in [3.63, 3.8) is 0 Å². The summed E-state index contributed by atoms with van der Waals surface area (Å²) in [4.78, 5) is 6.14.